The van der Waals surface area contributed by atoms with Gasteiger partial charge in [-0.3, -0.25) is 9.59 Å². The normalized spacial score (nSPS) is 11.3. The summed E-state index contributed by atoms with van der Waals surface area (Å²) < 4.78 is 19.0. The Labute approximate surface area is 145 Å². The Morgan fingerprint density at radius 1 is 1.27 bits per heavy atom. The van der Waals surface area contributed by atoms with Gasteiger partial charge in [0, 0.05) is 13.3 Å². The zero-order valence-corrected chi connectivity index (χ0v) is 13.7. The molecule has 0 saturated heterocycles. The van der Waals surface area contributed by atoms with E-state index in [0.717, 1.165) is 0 Å². The SMILES string of the molecule is COCc1nc2c(cnc3[nH]cc(C(=O)c4ccccc4F)c32)[nH]c1=O. The van der Waals surface area contributed by atoms with Crippen LogP contribution in [0.1, 0.15) is 21.6 Å². The quantitative estimate of drug-likeness (QED) is 0.549. The summed E-state index contributed by atoms with van der Waals surface area (Å²) in [4.78, 5) is 39.0. The van der Waals surface area contributed by atoms with E-state index in [0.29, 0.717) is 22.1 Å². The summed E-state index contributed by atoms with van der Waals surface area (Å²) in [6, 6.07) is 5.75. The van der Waals surface area contributed by atoms with Crippen LogP contribution in [-0.4, -0.2) is 32.8 Å². The van der Waals surface area contributed by atoms with E-state index in [-0.39, 0.29) is 23.4 Å². The highest BCUT2D eigenvalue weighted by molar-refractivity contribution is 6.20. The topological polar surface area (TPSA) is 101 Å². The Morgan fingerprint density at radius 3 is 2.85 bits per heavy atom. The summed E-state index contributed by atoms with van der Waals surface area (Å²) in [5, 5.41) is 0.421. The van der Waals surface area contributed by atoms with E-state index in [4.69, 9.17) is 4.74 Å². The Balaban J connectivity index is 2.01. The van der Waals surface area contributed by atoms with Crippen LogP contribution in [0.4, 0.5) is 4.39 Å². The van der Waals surface area contributed by atoms with Gasteiger partial charge in [-0.1, -0.05) is 12.1 Å². The molecule has 0 aliphatic heterocycles. The number of aromatic nitrogens is 4. The number of hydrogen-bond donors (Lipinski definition) is 2. The number of nitrogens with zero attached hydrogens (tertiary/aromatic N) is 2. The molecule has 2 N–H and O–H groups in total. The van der Waals surface area contributed by atoms with Gasteiger partial charge in [-0.05, 0) is 12.1 Å². The number of carbonyl (C=O) groups is 1. The highest BCUT2D eigenvalue weighted by Gasteiger charge is 2.21. The molecule has 7 nitrogen and oxygen atoms in total. The molecule has 130 valence electrons. The summed E-state index contributed by atoms with van der Waals surface area (Å²) in [5.74, 6) is -1.11. The van der Waals surface area contributed by atoms with E-state index in [2.05, 4.69) is 19.9 Å². The van der Waals surface area contributed by atoms with Gasteiger partial charge in [-0.2, -0.15) is 0 Å². The second-order valence-corrected chi connectivity index (χ2v) is 5.70. The molecule has 0 fully saturated rings. The fourth-order valence-electron chi connectivity index (χ4n) is 2.87. The Kier molecular flexibility index (Phi) is 3.81. The van der Waals surface area contributed by atoms with Gasteiger partial charge in [0.25, 0.3) is 5.56 Å². The van der Waals surface area contributed by atoms with Crippen LogP contribution in [0.2, 0.25) is 0 Å². The second kappa shape index (κ2) is 6.16. The molecule has 3 aromatic heterocycles. The number of ketones is 1. The van der Waals surface area contributed by atoms with Crippen LogP contribution in [0.3, 0.4) is 0 Å². The molecule has 0 atom stereocenters. The monoisotopic (exact) mass is 352 g/mol. The third-order valence-electron chi connectivity index (χ3n) is 4.08. The average molecular weight is 352 g/mol. The zero-order chi connectivity index (χ0) is 18.3. The van der Waals surface area contributed by atoms with E-state index in [9.17, 15) is 14.0 Å². The number of H-pyrrole nitrogens is 2. The lowest BCUT2D eigenvalue weighted by molar-refractivity contribution is 0.103. The van der Waals surface area contributed by atoms with Crippen LogP contribution in [0.5, 0.6) is 0 Å². The van der Waals surface area contributed by atoms with Crippen molar-refractivity contribution in [2.45, 2.75) is 6.61 Å². The van der Waals surface area contributed by atoms with Crippen molar-refractivity contribution in [3.8, 4) is 0 Å². The summed E-state index contributed by atoms with van der Waals surface area (Å²) in [6.45, 7) is 0.0239. The van der Waals surface area contributed by atoms with Crippen LogP contribution < -0.4 is 5.56 Å². The highest BCUT2D eigenvalue weighted by Crippen LogP contribution is 2.26. The molecule has 3 heterocycles. The van der Waals surface area contributed by atoms with Crippen LogP contribution in [-0.2, 0) is 11.3 Å². The van der Waals surface area contributed by atoms with Gasteiger partial charge in [-0.25, -0.2) is 14.4 Å². The number of pyridine rings is 1. The summed E-state index contributed by atoms with van der Waals surface area (Å²) in [5.41, 5.74) is 1.15. The minimum Gasteiger partial charge on any atom is -0.378 e. The number of fused-ring (bicyclic) bond motifs is 3. The van der Waals surface area contributed by atoms with Gasteiger partial charge in [0.2, 0.25) is 0 Å². The number of methoxy groups -OCH3 is 1. The first-order chi connectivity index (χ1) is 12.6. The Morgan fingerprint density at radius 2 is 2.08 bits per heavy atom. The second-order valence-electron chi connectivity index (χ2n) is 5.70. The van der Waals surface area contributed by atoms with E-state index in [1.165, 1.54) is 37.7 Å². The number of hydrogen-bond acceptors (Lipinski definition) is 5. The van der Waals surface area contributed by atoms with Crippen molar-refractivity contribution in [1.29, 1.82) is 0 Å². The molecule has 4 aromatic rings. The maximum absolute atomic E-state index is 14.0. The fourth-order valence-corrected chi connectivity index (χ4v) is 2.87. The number of aromatic amines is 2. The smallest absolute Gasteiger partial charge is 0.272 e. The minimum absolute atomic E-state index is 0.0239. The van der Waals surface area contributed by atoms with E-state index in [1.54, 1.807) is 6.07 Å². The van der Waals surface area contributed by atoms with Crippen molar-refractivity contribution in [2.24, 2.45) is 0 Å². The van der Waals surface area contributed by atoms with Crippen molar-refractivity contribution in [3.05, 3.63) is 69.7 Å². The number of halogens is 1. The van der Waals surface area contributed by atoms with E-state index < -0.39 is 17.2 Å². The molecule has 0 radical (unpaired) electrons. The molecule has 1 aromatic carbocycles. The molecule has 0 aliphatic rings. The molecular weight excluding hydrogens is 339 g/mol. The van der Waals surface area contributed by atoms with E-state index in [1.807, 2.05) is 0 Å². The molecule has 0 bridgehead atoms. The number of ether oxygens (including phenoxy) is 1. The molecule has 0 aliphatic carbocycles. The Hall–Kier alpha value is -3.39. The van der Waals surface area contributed by atoms with Crippen molar-refractivity contribution < 1.29 is 13.9 Å². The number of benzene rings is 1. The van der Waals surface area contributed by atoms with E-state index >= 15 is 0 Å². The molecule has 26 heavy (non-hydrogen) atoms. The predicted molar refractivity (Wildman–Crippen MR) is 92.6 cm³/mol. The maximum atomic E-state index is 14.0. The molecule has 0 saturated carbocycles. The summed E-state index contributed by atoms with van der Waals surface area (Å²) in [7, 11) is 1.46. The van der Waals surface area contributed by atoms with Crippen LogP contribution >= 0.6 is 0 Å². The lowest BCUT2D eigenvalue weighted by Gasteiger charge is -2.05. The van der Waals surface area contributed by atoms with Gasteiger partial charge in [-0.15, -0.1) is 0 Å². The highest BCUT2D eigenvalue weighted by atomic mass is 19.1. The number of rotatable bonds is 4. The van der Waals surface area contributed by atoms with Crippen LogP contribution in [0, 0.1) is 5.82 Å². The van der Waals surface area contributed by atoms with Crippen molar-refractivity contribution >= 4 is 27.9 Å². The largest absolute Gasteiger partial charge is 0.378 e. The lowest BCUT2D eigenvalue weighted by Crippen LogP contribution is -2.16. The Bertz CT molecular complexity index is 1210. The zero-order valence-electron chi connectivity index (χ0n) is 13.7. The third kappa shape index (κ3) is 2.47. The standard InChI is InChI=1S/C18H13FN4O3/c1-26-8-13-18(25)23-12-7-21-17-14(15(12)22-13)10(6-20-17)16(24)9-4-2-3-5-11(9)19/h2-7H,8H2,1H3,(H,20,21)(H,23,25). The summed E-state index contributed by atoms with van der Waals surface area (Å²) >= 11 is 0. The van der Waals surface area contributed by atoms with Crippen LogP contribution in [0.15, 0.2) is 41.5 Å². The molecule has 4 rings (SSSR count). The fraction of sp³-hybridized carbons (Fsp3) is 0.111. The number of nitrogens with one attached hydrogen (secondary N) is 2. The van der Waals surface area contributed by atoms with Crippen molar-refractivity contribution in [2.75, 3.05) is 7.11 Å². The lowest BCUT2D eigenvalue weighted by atomic mass is 10.0. The first-order valence-corrected chi connectivity index (χ1v) is 7.77. The van der Waals surface area contributed by atoms with Gasteiger partial charge >= 0.3 is 0 Å². The average Bonchev–Trinajstić information content (AvgIpc) is 3.07. The van der Waals surface area contributed by atoms with Gasteiger partial charge in [0.15, 0.2) is 5.78 Å². The molecule has 0 unspecified atom stereocenters. The molecule has 8 heteroatoms. The van der Waals surface area contributed by atoms with Crippen molar-refractivity contribution in [3.63, 3.8) is 0 Å². The molecule has 0 spiro atoms. The maximum Gasteiger partial charge on any atom is 0.272 e. The number of carbonyl (C=O) groups excluding carboxylic acids is 1. The van der Waals surface area contributed by atoms with Gasteiger partial charge in [0.1, 0.15) is 22.7 Å². The first kappa shape index (κ1) is 16.1. The molecular formula is C18H13FN4O3. The predicted octanol–water partition coefficient (Wildman–Crippen LogP) is 2.32. The van der Waals surface area contributed by atoms with Gasteiger partial charge in [0.05, 0.1) is 34.8 Å². The third-order valence-corrected chi connectivity index (χ3v) is 4.08. The first-order valence-electron chi connectivity index (χ1n) is 7.77. The van der Waals surface area contributed by atoms with Gasteiger partial charge < -0.3 is 14.7 Å². The van der Waals surface area contributed by atoms with Crippen LogP contribution in [0.25, 0.3) is 22.1 Å². The summed E-state index contributed by atoms with van der Waals surface area (Å²) in [6.07, 6.45) is 2.92. The molecule has 0 amide bonds. The minimum atomic E-state index is -0.610. The van der Waals surface area contributed by atoms with Crippen molar-refractivity contribution in [1.82, 2.24) is 19.9 Å².